The lowest BCUT2D eigenvalue weighted by Crippen LogP contribution is -2.08. The molecule has 0 bridgehead atoms. The molecule has 0 amide bonds. The number of Topliss-reactive ketones (excluding diaryl/α,β-unsaturated/α-hetero) is 1. The number of hydrogen-bond acceptors (Lipinski definition) is 3. The zero-order valence-corrected chi connectivity index (χ0v) is 10.2. The monoisotopic (exact) mass is 263 g/mol. The van der Waals surface area contributed by atoms with Gasteiger partial charge in [-0.3, -0.25) is 4.79 Å². The molecule has 5 heteroatoms. The lowest BCUT2D eigenvalue weighted by Gasteiger charge is -2.06. The van der Waals surface area contributed by atoms with Crippen molar-refractivity contribution in [2.75, 3.05) is 7.11 Å². The molecule has 0 unspecified atom stereocenters. The molecule has 0 aliphatic carbocycles. The number of carbonyl (C=O) groups is 1. The number of pyridine rings is 1. The minimum absolute atomic E-state index is 0.137. The third-order valence-corrected chi connectivity index (χ3v) is 2.54. The number of benzene rings is 1. The van der Waals surface area contributed by atoms with Crippen molar-refractivity contribution in [1.82, 2.24) is 4.98 Å². The Bertz CT molecular complexity index is 594. The SMILES string of the molecule is COc1cccnc1C(=O)Cc1cc(F)cc(F)c1. The Morgan fingerprint density at radius 3 is 2.58 bits per heavy atom. The van der Waals surface area contributed by atoms with Crippen LogP contribution in [-0.2, 0) is 6.42 Å². The molecule has 19 heavy (non-hydrogen) atoms. The molecule has 0 aliphatic rings. The molecule has 0 saturated carbocycles. The van der Waals surface area contributed by atoms with Gasteiger partial charge in [0.25, 0.3) is 0 Å². The first-order valence-corrected chi connectivity index (χ1v) is 5.57. The van der Waals surface area contributed by atoms with E-state index in [-0.39, 0.29) is 23.5 Å². The van der Waals surface area contributed by atoms with E-state index in [1.165, 1.54) is 13.3 Å². The van der Waals surface area contributed by atoms with Crippen LogP contribution in [0.2, 0.25) is 0 Å². The standard InChI is InChI=1S/C14H11F2NO2/c1-19-13-3-2-4-17-14(13)12(18)7-9-5-10(15)8-11(16)6-9/h2-6,8H,7H2,1H3. The van der Waals surface area contributed by atoms with Crippen LogP contribution in [-0.4, -0.2) is 17.9 Å². The molecular formula is C14H11F2NO2. The topological polar surface area (TPSA) is 39.2 Å². The van der Waals surface area contributed by atoms with E-state index in [0.717, 1.165) is 18.2 Å². The molecule has 0 saturated heterocycles. The molecule has 0 radical (unpaired) electrons. The maximum atomic E-state index is 13.0. The number of hydrogen-bond donors (Lipinski definition) is 0. The molecule has 2 rings (SSSR count). The quantitative estimate of drug-likeness (QED) is 0.796. The molecule has 2 aromatic rings. The maximum Gasteiger partial charge on any atom is 0.189 e. The number of ether oxygens (including phenoxy) is 1. The van der Waals surface area contributed by atoms with Gasteiger partial charge in [0.05, 0.1) is 7.11 Å². The highest BCUT2D eigenvalue weighted by molar-refractivity contribution is 5.98. The predicted molar refractivity (Wildman–Crippen MR) is 65.2 cm³/mol. The van der Waals surface area contributed by atoms with E-state index in [1.54, 1.807) is 12.1 Å². The first-order valence-electron chi connectivity index (χ1n) is 5.57. The van der Waals surface area contributed by atoms with Gasteiger partial charge >= 0.3 is 0 Å². The van der Waals surface area contributed by atoms with Gasteiger partial charge in [-0.15, -0.1) is 0 Å². The molecule has 0 aliphatic heterocycles. The van der Waals surface area contributed by atoms with E-state index < -0.39 is 11.6 Å². The summed E-state index contributed by atoms with van der Waals surface area (Å²) >= 11 is 0. The Balaban J connectivity index is 2.25. The molecule has 98 valence electrons. The second-order valence-electron chi connectivity index (χ2n) is 3.93. The van der Waals surface area contributed by atoms with E-state index in [0.29, 0.717) is 5.75 Å². The van der Waals surface area contributed by atoms with Gasteiger partial charge < -0.3 is 4.74 Å². The van der Waals surface area contributed by atoms with Gasteiger partial charge in [0.15, 0.2) is 5.78 Å². The predicted octanol–water partition coefficient (Wildman–Crippen LogP) is 2.79. The van der Waals surface area contributed by atoms with Crippen molar-refractivity contribution in [3.63, 3.8) is 0 Å². The van der Waals surface area contributed by atoms with Crippen LogP contribution in [0, 0.1) is 11.6 Å². The van der Waals surface area contributed by atoms with Gasteiger partial charge in [-0.25, -0.2) is 13.8 Å². The van der Waals surface area contributed by atoms with Crippen LogP contribution in [0.4, 0.5) is 8.78 Å². The highest BCUT2D eigenvalue weighted by atomic mass is 19.1. The normalized spacial score (nSPS) is 10.3. The first kappa shape index (κ1) is 13.1. The smallest absolute Gasteiger partial charge is 0.189 e. The van der Waals surface area contributed by atoms with Gasteiger partial charge in [-0.2, -0.15) is 0 Å². The van der Waals surface area contributed by atoms with Gasteiger partial charge in [0.1, 0.15) is 23.1 Å². The summed E-state index contributed by atoms with van der Waals surface area (Å²) in [6.07, 6.45) is 1.32. The van der Waals surface area contributed by atoms with Gasteiger partial charge in [0.2, 0.25) is 0 Å². The van der Waals surface area contributed by atoms with Crippen LogP contribution in [0.15, 0.2) is 36.5 Å². The summed E-state index contributed by atoms with van der Waals surface area (Å²) in [5, 5.41) is 0. The van der Waals surface area contributed by atoms with Crippen LogP contribution in [0.1, 0.15) is 16.1 Å². The van der Waals surface area contributed by atoms with Crippen molar-refractivity contribution in [2.24, 2.45) is 0 Å². The average Bonchev–Trinajstić information content (AvgIpc) is 2.37. The van der Waals surface area contributed by atoms with Crippen molar-refractivity contribution in [3.05, 3.63) is 59.4 Å². The highest BCUT2D eigenvalue weighted by Gasteiger charge is 2.14. The van der Waals surface area contributed by atoms with Crippen LogP contribution in [0.3, 0.4) is 0 Å². The lowest BCUT2D eigenvalue weighted by molar-refractivity contribution is 0.0985. The second-order valence-corrected chi connectivity index (χ2v) is 3.93. The van der Waals surface area contributed by atoms with Crippen molar-refractivity contribution in [1.29, 1.82) is 0 Å². The van der Waals surface area contributed by atoms with E-state index in [4.69, 9.17) is 4.74 Å². The fourth-order valence-electron chi connectivity index (χ4n) is 1.75. The summed E-state index contributed by atoms with van der Waals surface area (Å²) in [5.41, 5.74) is 0.407. The number of carbonyl (C=O) groups excluding carboxylic acids is 1. The summed E-state index contributed by atoms with van der Waals surface area (Å²) in [4.78, 5) is 16.0. The third kappa shape index (κ3) is 3.13. The zero-order chi connectivity index (χ0) is 13.8. The lowest BCUT2D eigenvalue weighted by atomic mass is 10.1. The Morgan fingerprint density at radius 2 is 1.95 bits per heavy atom. The Hall–Kier alpha value is -2.30. The van der Waals surface area contributed by atoms with Gasteiger partial charge in [-0.05, 0) is 29.8 Å². The molecule has 0 N–H and O–H groups in total. The summed E-state index contributed by atoms with van der Waals surface area (Å²) < 4.78 is 31.1. The molecule has 0 atom stereocenters. The number of halogens is 2. The van der Waals surface area contributed by atoms with Crippen molar-refractivity contribution < 1.29 is 18.3 Å². The first-order chi connectivity index (χ1) is 9.10. The van der Waals surface area contributed by atoms with Crippen molar-refractivity contribution >= 4 is 5.78 Å². The van der Waals surface area contributed by atoms with E-state index in [9.17, 15) is 13.6 Å². The molecule has 1 aromatic carbocycles. The Labute approximate surface area is 108 Å². The van der Waals surface area contributed by atoms with Gasteiger partial charge in [-0.1, -0.05) is 0 Å². The van der Waals surface area contributed by atoms with Gasteiger partial charge in [0, 0.05) is 18.7 Å². The molecular weight excluding hydrogens is 252 g/mol. The number of nitrogens with zero attached hydrogens (tertiary/aromatic N) is 1. The molecule has 1 aromatic heterocycles. The average molecular weight is 263 g/mol. The minimum atomic E-state index is -0.712. The van der Waals surface area contributed by atoms with Crippen molar-refractivity contribution in [2.45, 2.75) is 6.42 Å². The number of aromatic nitrogens is 1. The zero-order valence-electron chi connectivity index (χ0n) is 10.2. The Morgan fingerprint density at radius 1 is 1.26 bits per heavy atom. The van der Waals surface area contributed by atoms with E-state index >= 15 is 0 Å². The minimum Gasteiger partial charge on any atom is -0.494 e. The summed E-state index contributed by atoms with van der Waals surface area (Å²) in [5.74, 6) is -1.45. The second kappa shape index (κ2) is 5.56. The third-order valence-electron chi connectivity index (χ3n) is 2.54. The molecule has 3 nitrogen and oxygen atoms in total. The van der Waals surface area contributed by atoms with E-state index in [2.05, 4.69) is 4.98 Å². The summed E-state index contributed by atoms with van der Waals surface area (Å²) in [6.45, 7) is 0. The number of ketones is 1. The highest BCUT2D eigenvalue weighted by Crippen LogP contribution is 2.18. The fraction of sp³-hybridized carbons (Fsp3) is 0.143. The summed E-state index contributed by atoms with van der Waals surface area (Å²) in [7, 11) is 1.43. The van der Waals surface area contributed by atoms with Crippen LogP contribution < -0.4 is 4.74 Å². The van der Waals surface area contributed by atoms with Crippen LogP contribution >= 0.6 is 0 Å². The van der Waals surface area contributed by atoms with E-state index in [1.807, 2.05) is 0 Å². The Kier molecular flexibility index (Phi) is 3.85. The molecule has 0 fully saturated rings. The molecule has 1 heterocycles. The maximum absolute atomic E-state index is 13.0. The number of rotatable bonds is 4. The fourth-order valence-corrected chi connectivity index (χ4v) is 1.75. The van der Waals surface area contributed by atoms with Crippen molar-refractivity contribution in [3.8, 4) is 5.75 Å². The summed E-state index contributed by atoms with van der Waals surface area (Å²) in [6, 6.07) is 6.24. The largest absolute Gasteiger partial charge is 0.494 e. The van der Waals surface area contributed by atoms with Crippen LogP contribution in [0.5, 0.6) is 5.75 Å². The van der Waals surface area contributed by atoms with Crippen LogP contribution in [0.25, 0.3) is 0 Å². The number of methoxy groups -OCH3 is 1. The molecule has 0 spiro atoms.